The molecule has 1 heterocycles. The van der Waals surface area contributed by atoms with Gasteiger partial charge in [0, 0.05) is 17.1 Å². The summed E-state index contributed by atoms with van der Waals surface area (Å²) in [5.41, 5.74) is 4.38. The van der Waals surface area contributed by atoms with Crippen LogP contribution in [0.5, 0.6) is 0 Å². The monoisotopic (exact) mass is 528 g/mol. The molecular weight excluding hydrogens is 504 g/mol. The SMILES string of the molecule is Cc1ccc(CCNC(=O)c2ccc3c(c2)N(Cc2cccc(Cl)c2)C(=O)c2ccccc2[S@]3=O)cc1. The number of rotatable bonds is 6. The number of carbonyl (C=O) groups is 2. The lowest BCUT2D eigenvalue weighted by molar-refractivity contribution is 0.0950. The van der Waals surface area contributed by atoms with Gasteiger partial charge in [-0.1, -0.05) is 65.7 Å². The molecule has 5 nitrogen and oxygen atoms in total. The largest absolute Gasteiger partial charge is 0.352 e. The molecule has 2 amide bonds. The zero-order valence-electron chi connectivity index (χ0n) is 20.2. The first-order valence-electron chi connectivity index (χ1n) is 12.0. The van der Waals surface area contributed by atoms with Gasteiger partial charge in [0.15, 0.2) is 0 Å². The van der Waals surface area contributed by atoms with Crippen LogP contribution >= 0.6 is 11.6 Å². The highest BCUT2D eigenvalue weighted by molar-refractivity contribution is 7.85. The highest BCUT2D eigenvalue weighted by atomic mass is 35.5. The van der Waals surface area contributed by atoms with Gasteiger partial charge in [-0.2, -0.15) is 0 Å². The second kappa shape index (κ2) is 10.7. The van der Waals surface area contributed by atoms with E-state index in [9.17, 15) is 13.8 Å². The van der Waals surface area contributed by atoms with Crippen LogP contribution in [0, 0.1) is 6.92 Å². The van der Waals surface area contributed by atoms with Crippen LogP contribution < -0.4 is 10.2 Å². The third-order valence-corrected chi connectivity index (χ3v) is 8.06. The van der Waals surface area contributed by atoms with Crippen molar-refractivity contribution in [1.82, 2.24) is 5.32 Å². The maximum absolute atomic E-state index is 13.7. The predicted molar refractivity (Wildman–Crippen MR) is 147 cm³/mol. The molecule has 1 aliphatic rings. The van der Waals surface area contributed by atoms with Crippen molar-refractivity contribution in [3.8, 4) is 0 Å². The molecule has 0 radical (unpaired) electrons. The molecule has 0 saturated carbocycles. The lowest BCUT2D eigenvalue weighted by atomic mass is 10.1. The van der Waals surface area contributed by atoms with Crippen LogP contribution in [0.2, 0.25) is 5.02 Å². The van der Waals surface area contributed by atoms with E-state index in [1.165, 1.54) is 5.56 Å². The zero-order chi connectivity index (χ0) is 25.9. The molecule has 0 fully saturated rings. The summed E-state index contributed by atoms with van der Waals surface area (Å²) in [6.07, 6.45) is 0.704. The average Bonchev–Trinajstić information content (AvgIpc) is 2.99. The van der Waals surface area contributed by atoms with Gasteiger partial charge >= 0.3 is 0 Å². The maximum atomic E-state index is 13.7. The Morgan fingerprint density at radius 2 is 1.68 bits per heavy atom. The highest BCUT2D eigenvalue weighted by Crippen LogP contribution is 2.36. The van der Waals surface area contributed by atoms with E-state index in [-0.39, 0.29) is 18.4 Å². The van der Waals surface area contributed by atoms with Gasteiger partial charge < -0.3 is 10.2 Å². The van der Waals surface area contributed by atoms with Crippen molar-refractivity contribution in [3.05, 3.63) is 124 Å². The summed E-state index contributed by atoms with van der Waals surface area (Å²) < 4.78 is 13.6. The average molecular weight is 529 g/mol. The molecule has 4 aromatic carbocycles. The van der Waals surface area contributed by atoms with Crippen LogP contribution in [0.4, 0.5) is 5.69 Å². The number of fused-ring (bicyclic) bond motifs is 2. The van der Waals surface area contributed by atoms with Crippen LogP contribution in [0.25, 0.3) is 0 Å². The standard InChI is InChI=1S/C30H25ClN2O3S/c1-20-9-11-21(12-10-20)15-16-32-29(34)23-13-14-28-26(18-23)33(19-22-5-4-6-24(31)17-22)30(35)25-7-2-3-8-27(25)37(28)36/h2-14,17-18H,15-16,19H2,1H3,(H,32,34)/t37-/m1/s1. The smallest absolute Gasteiger partial charge is 0.259 e. The van der Waals surface area contributed by atoms with E-state index in [1.807, 2.05) is 31.2 Å². The molecule has 5 rings (SSSR count). The summed E-state index contributed by atoms with van der Waals surface area (Å²) in [4.78, 5) is 29.3. The Bertz CT molecular complexity index is 1520. The van der Waals surface area contributed by atoms with Crippen molar-refractivity contribution in [2.24, 2.45) is 0 Å². The summed E-state index contributed by atoms with van der Waals surface area (Å²) in [5.74, 6) is -0.530. The Morgan fingerprint density at radius 1 is 0.892 bits per heavy atom. The fourth-order valence-corrected chi connectivity index (χ4v) is 5.91. The highest BCUT2D eigenvalue weighted by Gasteiger charge is 2.31. The van der Waals surface area contributed by atoms with Gasteiger partial charge in [0.25, 0.3) is 11.8 Å². The summed E-state index contributed by atoms with van der Waals surface area (Å²) in [5, 5.41) is 3.52. The predicted octanol–water partition coefficient (Wildman–Crippen LogP) is 5.95. The fraction of sp³-hybridized carbons (Fsp3) is 0.133. The first-order valence-corrected chi connectivity index (χ1v) is 13.5. The summed E-state index contributed by atoms with van der Waals surface area (Å²) in [7, 11) is -1.59. The molecule has 1 N–H and O–H groups in total. The third kappa shape index (κ3) is 5.36. The van der Waals surface area contributed by atoms with Crippen molar-refractivity contribution >= 4 is 39.9 Å². The van der Waals surface area contributed by atoms with E-state index >= 15 is 0 Å². The maximum Gasteiger partial charge on any atom is 0.259 e. The van der Waals surface area contributed by atoms with Crippen LogP contribution in [-0.4, -0.2) is 22.6 Å². The van der Waals surface area contributed by atoms with E-state index in [4.69, 9.17) is 11.6 Å². The topological polar surface area (TPSA) is 66.5 Å². The van der Waals surface area contributed by atoms with Crippen molar-refractivity contribution < 1.29 is 13.8 Å². The molecule has 7 heteroatoms. The van der Waals surface area contributed by atoms with E-state index in [0.717, 1.165) is 11.1 Å². The Morgan fingerprint density at radius 3 is 2.46 bits per heavy atom. The molecule has 1 atom stereocenters. The van der Waals surface area contributed by atoms with E-state index in [1.54, 1.807) is 59.5 Å². The molecule has 0 aliphatic carbocycles. The number of benzene rings is 4. The molecule has 37 heavy (non-hydrogen) atoms. The molecule has 186 valence electrons. The first-order chi connectivity index (χ1) is 17.9. The van der Waals surface area contributed by atoms with E-state index in [2.05, 4.69) is 17.4 Å². The van der Waals surface area contributed by atoms with Crippen molar-refractivity contribution in [1.29, 1.82) is 0 Å². The van der Waals surface area contributed by atoms with E-state index in [0.29, 0.717) is 44.6 Å². The van der Waals surface area contributed by atoms with Crippen molar-refractivity contribution in [2.75, 3.05) is 11.4 Å². The van der Waals surface area contributed by atoms with Gasteiger partial charge in [0.1, 0.15) is 0 Å². The summed E-state index contributed by atoms with van der Waals surface area (Å²) >= 11 is 6.20. The molecule has 4 aromatic rings. The van der Waals surface area contributed by atoms with Crippen molar-refractivity contribution in [3.63, 3.8) is 0 Å². The van der Waals surface area contributed by atoms with Crippen LogP contribution in [0.1, 0.15) is 37.4 Å². The number of carbonyl (C=O) groups excluding carboxylic acids is 2. The Hall–Kier alpha value is -3.74. The number of hydrogen-bond acceptors (Lipinski definition) is 3. The number of nitrogens with one attached hydrogen (secondary N) is 1. The quantitative estimate of drug-likeness (QED) is 0.336. The minimum Gasteiger partial charge on any atom is -0.352 e. The van der Waals surface area contributed by atoms with Gasteiger partial charge in [-0.25, -0.2) is 4.21 Å². The Balaban J connectivity index is 1.47. The number of halogens is 1. The fourth-order valence-electron chi connectivity index (χ4n) is 4.36. The van der Waals surface area contributed by atoms with Gasteiger partial charge in [-0.05, 0) is 66.9 Å². The summed E-state index contributed by atoms with van der Waals surface area (Å²) in [6, 6.07) is 27.4. The summed E-state index contributed by atoms with van der Waals surface area (Å²) in [6.45, 7) is 2.73. The van der Waals surface area contributed by atoms with Crippen LogP contribution in [0.3, 0.4) is 0 Å². The van der Waals surface area contributed by atoms with Gasteiger partial charge in [0.05, 0.1) is 38.4 Å². The van der Waals surface area contributed by atoms with E-state index < -0.39 is 10.8 Å². The molecule has 0 unspecified atom stereocenters. The number of hydrogen-bond donors (Lipinski definition) is 1. The van der Waals surface area contributed by atoms with Crippen LogP contribution in [0.15, 0.2) is 101 Å². The molecule has 0 saturated heterocycles. The number of amides is 2. The third-order valence-electron chi connectivity index (χ3n) is 6.32. The first kappa shape index (κ1) is 24.9. The second-order valence-electron chi connectivity index (χ2n) is 8.96. The number of nitrogens with zero attached hydrogens (tertiary/aromatic N) is 1. The Labute approximate surface area is 223 Å². The molecule has 0 aromatic heterocycles. The second-order valence-corrected chi connectivity index (χ2v) is 10.8. The molecule has 0 spiro atoms. The minimum absolute atomic E-state index is 0.219. The normalized spacial score (nSPS) is 14.5. The van der Waals surface area contributed by atoms with Crippen LogP contribution in [-0.2, 0) is 23.8 Å². The van der Waals surface area contributed by atoms with Gasteiger partial charge in [0.2, 0.25) is 0 Å². The number of anilines is 1. The Kier molecular flexibility index (Phi) is 7.22. The molecule has 1 aliphatic heterocycles. The lowest BCUT2D eigenvalue weighted by Gasteiger charge is -2.24. The van der Waals surface area contributed by atoms with Crippen molar-refractivity contribution in [2.45, 2.75) is 29.7 Å². The zero-order valence-corrected chi connectivity index (χ0v) is 21.8. The van der Waals surface area contributed by atoms with Gasteiger partial charge in [-0.15, -0.1) is 0 Å². The van der Waals surface area contributed by atoms with Gasteiger partial charge in [-0.3, -0.25) is 9.59 Å². The molecule has 0 bridgehead atoms. The lowest BCUT2D eigenvalue weighted by Crippen LogP contribution is -2.31. The molecular formula is C30H25ClN2O3S. The number of aryl methyl sites for hydroxylation is 1. The minimum atomic E-state index is -1.59.